The Morgan fingerprint density at radius 3 is 2.44 bits per heavy atom. The van der Waals surface area contributed by atoms with Crippen molar-refractivity contribution in [3.8, 4) is 0 Å². The zero-order valence-electron chi connectivity index (χ0n) is 10.4. The summed E-state index contributed by atoms with van der Waals surface area (Å²) in [5.41, 5.74) is -0.276. The Kier molecular flexibility index (Phi) is 4.21. The van der Waals surface area contributed by atoms with Gasteiger partial charge in [0.25, 0.3) is 0 Å². The first kappa shape index (κ1) is 14.3. The van der Waals surface area contributed by atoms with Crippen molar-refractivity contribution >= 4 is 11.6 Å². The molecule has 1 rings (SSSR count). The van der Waals surface area contributed by atoms with Gasteiger partial charge in [0.2, 0.25) is 5.91 Å². The number of likely N-dealkylation sites (N-methyl/N-ethyl adjacent to an activating group) is 1. The van der Waals surface area contributed by atoms with E-state index in [0.717, 1.165) is 6.07 Å². The predicted molar refractivity (Wildman–Crippen MR) is 63.4 cm³/mol. The molecule has 1 aromatic carbocycles. The van der Waals surface area contributed by atoms with Crippen LogP contribution in [-0.2, 0) is 11.0 Å². The Balaban J connectivity index is 2.89. The summed E-state index contributed by atoms with van der Waals surface area (Å²) in [5.74, 6) is -0.202. The van der Waals surface area contributed by atoms with Crippen LogP contribution < -0.4 is 5.32 Å². The van der Waals surface area contributed by atoms with E-state index in [2.05, 4.69) is 5.32 Å². The molecule has 0 unspecified atom stereocenters. The second kappa shape index (κ2) is 5.29. The maximum absolute atomic E-state index is 12.7. The number of benzene rings is 1. The van der Waals surface area contributed by atoms with Crippen molar-refractivity contribution in [3.05, 3.63) is 29.3 Å². The Hall–Kier alpha value is -1.72. The van der Waals surface area contributed by atoms with Gasteiger partial charge in [-0.2, -0.15) is 13.2 Å². The fourth-order valence-electron chi connectivity index (χ4n) is 1.46. The number of alkyl halides is 3. The standard InChI is InChI=1S/C12H15F3N2O/c1-8-9(12(13,14)15)5-4-6-10(8)16-7-11(18)17(2)3/h4-6,16H,7H2,1-3H3. The van der Waals surface area contributed by atoms with Gasteiger partial charge in [0.1, 0.15) is 0 Å². The lowest BCUT2D eigenvalue weighted by Crippen LogP contribution is -2.28. The maximum atomic E-state index is 12.7. The summed E-state index contributed by atoms with van der Waals surface area (Å²) >= 11 is 0. The van der Waals surface area contributed by atoms with Gasteiger partial charge in [-0.05, 0) is 24.6 Å². The van der Waals surface area contributed by atoms with Gasteiger partial charge in [-0.1, -0.05) is 6.07 Å². The van der Waals surface area contributed by atoms with E-state index in [1.54, 1.807) is 14.1 Å². The molecule has 0 radical (unpaired) electrons. The van der Waals surface area contributed by atoms with Crippen molar-refractivity contribution < 1.29 is 18.0 Å². The molecule has 1 N–H and O–H groups in total. The summed E-state index contributed by atoms with van der Waals surface area (Å²) in [6, 6.07) is 3.86. The first-order valence-electron chi connectivity index (χ1n) is 5.34. The summed E-state index contributed by atoms with van der Waals surface area (Å²) < 4.78 is 38.0. The number of carbonyl (C=O) groups is 1. The molecular formula is C12H15F3N2O. The summed E-state index contributed by atoms with van der Waals surface area (Å²) in [6.45, 7) is 1.35. The topological polar surface area (TPSA) is 32.3 Å². The van der Waals surface area contributed by atoms with Gasteiger partial charge in [-0.3, -0.25) is 4.79 Å². The molecule has 0 saturated heterocycles. The third-order valence-electron chi connectivity index (χ3n) is 2.57. The molecule has 0 aliphatic carbocycles. The fraction of sp³-hybridized carbons (Fsp3) is 0.417. The molecule has 0 aromatic heterocycles. The lowest BCUT2D eigenvalue weighted by molar-refractivity contribution is -0.138. The third kappa shape index (κ3) is 3.38. The van der Waals surface area contributed by atoms with E-state index >= 15 is 0 Å². The molecule has 0 saturated carbocycles. The molecular weight excluding hydrogens is 245 g/mol. The SMILES string of the molecule is Cc1c(NCC(=O)N(C)C)cccc1C(F)(F)F. The van der Waals surface area contributed by atoms with Gasteiger partial charge in [0.05, 0.1) is 12.1 Å². The van der Waals surface area contributed by atoms with E-state index in [1.165, 1.54) is 24.0 Å². The van der Waals surface area contributed by atoms with Gasteiger partial charge in [-0.15, -0.1) is 0 Å². The number of amides is 1. The lowest BCUT2D eigenvalue weighted by Gasteiger charge is -2.16. The van der Waals surface area contributed by atoms with E-state index in [-0.39, 0.29) is 18.0 Å². The number of rotatable bonds is 3. The molecule has 3 nitrogen and oxygen atoms in total. The molecule has 0 aliphatic rings. The second-order valence-corrected chi connectivity index (χ2v) is 4.12. The number of nitrogens with one attached hydrogen (secondary N) is 1. The van der Waals surface area contributed by atoms with Crippen LogP contribution in [-0.4, -0.2) is 31.4 Å². The maximum Gasteiger partial charge on any atom is 0.416 e. The average molecular weight is 260 g/mol. The van der Waals surface area contributed by atoms with E-state index in [9.17, 15) is 18.0 Å². The van der Waals surface area contributed by atoms with Crippen molar-refractivity contribution in [2.45, 2.75) is 13.1 Å². The van der Waals surface area contributed by atoms with Crippen LogP contribution in [0.15, 0.2) is 18.2 Å². The normalized spacial score (nSPS) is 11.2. The number of anilines is 1. The fourth-order valence-corrected chi connectivity index (χ4v) is 1.46. The lowest BCUT2D eigenvalue weighted by atomic mass is 10.1. The van der Waals surface area contributed by atoms with Gasteiger partial charge >= 0.3 is 6.18 Å². The molecule has 0 aliphatic heterocycles. The first-order valence-corrected chi connectivity index (χ1v) is 5.34. The van der Waals surface area contributed by atoms with Gasteiger partial charge in [0.15, 0.2) is 0 Å². The predicted octanol–water partition coefficient (Wildman–Crippen LogP) is 2.51. The molecule has 6 heteroatoms. The Labute approximate surface area is 104 Å². The Bertz CT molecular complexity index is 441. The molecule has 0 bridgehead atoms. The number of hydrogen-bond acceptors (Lipinski definition) is 2. The molecule has 1 aromatic rings. The van der Waals surface area contributed by atoms with Gasteiger partial charge < -0.3 is 10.2 Å². The van der Waals surface area contributed by atoms with Crippen LogP contribution in [0.2, 0.25) is 0 Å². The molecule has 1 amide bonds. The smallest absolute Gasteiger partial charge is 0.376 e. The summed E-state index contributed by atoms with van der Waals surface area (Å²) in [4.78, 5) is 12.7. The number of halogens is 3. The first-order chi connectivity index (χ1) is 8.23. The zero-order chi connectivity index (χ0) is 13.9. The van der Waals surface area contributed by atoms with Gasteiger partial charge in [0, 0.05) is 19.8 Å². The molecule has 0 atom stereocenters. The van der Waals surface area contributed by atoms with Crippen molar-refractivity contribution in [1.29, 1.82) is 0 Å². The van der Waals surface area contributed by atoms with Crippen molar-refractivity contribution in [2.24, 2.45) is 0 Å². The number of nitrogens with zero attached hydrogens (tertiary/aromatic N) is 1. The van der Waals surface area contributed by atoms with Crippen LogP contribution >= 0.6 is 0 Å². The summed E-state index contributed by atoms with van der Waals surface area (Å²) in [5, 5.41) is 2.72. The third-order valence-corrected chi connectivity index (χ3v) is 2.57. The number of hydrogen-bond donors (Lipinski definition) is 1. The molecule has 100 valence electrons. The molecule has 0 heterocycles. The van der Waals surface area contributed by atoms with E-state index in [0.29, 0.717) is 5.69 Å². The van der Waals surface area contributed by atoms with Gasteiger partial charge in [-0.25, -0.2) is 0 Å². The summed E-state index contributed by atoms with van der Waals surface area (Å²) in [7, 11) is 3.17. The van der Waals surface area contributed by atoms with Crippen LogP contribution in [0.5, 0.6) is 0 Å². The number of carbonyl (C=O) groups excluding carboxylic acids is 1. The minimum atomic E-state index is -4.38. The molecule has 18 heavy (non-hydrogen) atoms. The van der Waals surface area contributed by atoms with Crippen LogP contribution in [0.1, 0.15) is 11.1 Å². The minimum Gasteiger partial charge on any atom is -0.376 e. The highest BCUT2D eigenvalue weighted by Gasteiger charge is 2.32. The van der Waals surface area contributed by atoms with E-state index in [1.807, 2.05) is 0 Å². The van der Waals surface area contributed by atoms with Crippen LogP contribution in [0.25, 0.3) is 0 Å². The average Bonchev–Trinajstić information content (AvgIpc) is 2.25. The van der Waals surface area contributed by atoms with Crippen molar-refractivity contribution in [2.75, 3.05) is 26.0 Å². The molecule has 0 spiro atoms. The van der Waals surface area contributed by atoms with Crippen LogP contribution in [0, 0.1) is 6.92 Å². The molecule has 0 fully saturated rings. The second-order valence-electron chi connectivity index (χ2n) is 4.12. The highest BCUT2D eigenvalue weighted by molar-refractivity contribution is 5.80. The van der Waals surface area contributed by atoms with Crippen molar-refractivity contribution in [3.63, 3.8) is 0 Å². The monoisotopic (exact) mass is 260 g/mol. The van der Waals surface area contributed by atoms with Crippen LogP contribution in [0.4, 0.5) is 18.9 Å². The highest BCUT2D eigenvalue weighted by Crippen LogP contribution is 2.34. The van der Waals surface area contributed by atoms with E-state index in [4.69, 9.17) is 0 Å². The highest BCUT2D eigenvalue weighted by atomic mass is 19.4. The summed E-state index contributed by atoms with van der Waals surface area (Å²) in [6.07, 6.45) is -4.38. The minimum absolute atomic E-state index is 0.0326. The largest absolute Gasteiger partial charge is 0.416 e. The van der Waals surface area contributed by atoms with Crippen molar-refractivity contribution in [1.82, 2.24) is 4.90 Å². The van der Waals surface area contributed by atoms with E-state index < -0.39 is 11.7 Å². The zero-order valence-corrected chi connectivity index (χ0v) is 10.4. The Morgan fingerprint density at radius 2 is 1.94 bits per heavy atom. The van der Waals surface area contributed by atoms with Crippen LogP contribution in [0.3, 0.4) is 0 Å². The quantitative estimate of drug-likeness (QED) is 0.905. The Morgan fingerprint density at radius 1 is 1.33 bits per heavy atom.